The summed E-state index contributed by atoms with van der Waals surface area (Å²) in [6.07, 6.45) is 2.54. The number of thiazole rings is 1. The number of hydrogen-bond acceptors (Lipinski definition) is 4. The number of hydrogen-bond donors (Lipinski definition) is 1. The van der Waals surface area contributed by atoms with Crippen LogP contribution in [0.1, 0.15) is 30.5 Å². The van der Waals surface area contributed by atoms with Crippen LogP contribution >= 0.6 is 11.3 Å². The number of benzene rings is 1. The summed E-state index contributed by atoms with van der Waals surface area (Å²) in [6, 6.07) is 10.6. The average molecular weight is 315 g/mol. The Kier molecular flexibility index (Phi) is 5.19. The Morgan fingerprint density at radius 2 is 2.14 bits per heavy atom. The van der Waals surface area contributed by atoms with Gasteiger partial charge in [-0.25, -0.2) is 4.98 Å². The number of nitrogens with zero attached hydrogens (tertiary/aromatic N) is 2. The van der Waals surface area contributed by atoms with Crippen LogP contribution in [0.25, 0.3) is 0 Å². The molecule has 1 atom stereocenters. The molecule has 3 rings (SSSR count). The van der Waals surface area contributed by atoms with Crippen LogP contribution in [0.3, 0.4) is 0 Å². The second-order valence-electron chi connectivity index (χ2n) is 5.69. The zero-order chi connectivity index (χ0) is 15.2. The van der Waals surface area contributed by atoms with E-state index in [1.807, 2.05) is 28.6 Å². The van der Waals surface area contributed by atoms with Crippen molar-refractivity contribution in [2.45, 2.75) is 38.4 Å². The van der Waals surface area contributed by atoms with Crippen LogP contribution < -0.4 is 5.32 Å². The van der Waals surface area contributed by atoms with Gasteiger partial charge in [-0.05, 0) is 18.4 Å². The van der Waals surface area contributed by atoms with E-state index in [0.717, 1.165) is 38.2 Å². The largest absolute Gasteiger partial charge is 0.338 e. The lowest BCUT2D eigenvalue weighted by molar-refractivity contribution is -0.131. The fourth-order valence-corrected chi connectivity index (χ4v) is 3.34. The SMILES string of the molecule is O=C1CC[C@H](NCc2cscn2)CCN1Cc1ccccc1. The Balaban J connectivity index is 1.52. The number of carbonyl (C=O) groups excluding carboxylic acids is 1. The van der Waals surface area contributed by atoms with Crippen molar-refractivity contribution in [3.8, 4) is 0 Å². The molecular weight excluding hydrogens is 294 g/mol. The summed E-state index contributed by atoms with van der Waals surface area (Å²) in [4.78, 5) is 18.6. The molecule has 0 bridgehead atoms. The van der Waals surface area contributed by atoms with Gasteiger partial charge in [-0.2, -0.15) is 0 Å². The van der Waals surface area contributed by atoms with Gasteiger partial charge in [-0.15, -0.1) is 11.3 Å². The van der Waals surface area contributed by atoms with Gasteiger partial charge >= 0.3 is 0 Å². The summed E-state index contributed by atoms with van der Waals surface area (Å²) in [6.45, 7) is 2.34. The molecule has 1 aromatic carbocycles. The van der Waals surface area contributed by atoms with E-state index >= 15 is 0 Å². The lowest BCUT2D eigenvalue weighted by Crippen LogP contribution is -2.31. The van der Waals surface area contributed by atoms with Crippen molar-refractivity contribution in [2.75, 3.05) is 6.54 Å². The first kappa shape index (κ1) is 15.2. The zero-order valence-corrected chi connectivity index (χ0v) is 13.4. The maximum atomic E-state index is 12.3. The van der Waals surface area contributed by atoms with E-state index in [2.05, 4.69) is 27.8 Å². The molecule has 1 aromatic heterocycles. The summed E-state index contributed by atoms with van der Waals surface area (Å²) in [5, 5.41) is 5.60. The van der Waals surface area contributed by atoms with E-state index in [1.165, 1.54) is 5.56 Å². The third-order valence-corrected chi connectivity index (χ3v) is 4.71. The maximum absolute atomic E-state index is 12.3. The number of likely N-dealkylation sites (tertiary alicyclic amines) is 1. The number of amides is 1. The van der Waals surface area contributed by atoms with Gasteiger partial charge in [-0.3, -0.25) is 4.79 Å². The Morgan fingerprint density at radius 3 is 2.91 bits per heavy atom. The van der Waals surface area contributed by atoms with E-state index in [1.54, 1.807) is 11.3 Å². The molecule has 0 radical (unpaired) electrons. The molecule has 0 unspecified atom stereocenters. The van der Waals surface area contributed by atoms with Crippen LogP contribution in [-0.4, -0.2) is 28.4 Å². The van der Waals surface area contributed by atoms with Gasteiger partial charge in [0.25, 0.3) is 0 Å². The minimum Gasteiger partial charge on any atom is -0.338 e. The molecule has 1 N–H and O–H groups in total. The van der Waals surface area contributed by atoms with Gasteiger partial charge in [0, 0.05) is 37.5 Å². The Bertz CT molecular complexity index is 585. The van der Waals surface area contributed by atoms with Gasteiger partial charge < -0.3 is 10.2 Å². The number of aromatic nitrogens is 1. The molecule has 4 nitrogen and oxygen atoms in total. The zero-order valence-electron chi connectivity index (χ0n) is 12.6. The number of carbonyl (C=O) groups is 1. The molecule has 1 fully saturated rings. The van der Waals surface area contributed by atoms with Crippen LogP contribution in [0, 0.1) is 0 Å². The minimum absolute atomic E-state index is 0.266. The number of rotatable bonds is 5. The Hall–Kier alpha value is -1.72. The summed E-state index contributed by atoms with van der Waals surface area (Å²) < 4.78 is 0. The molecule has 2 aromatic rings. The van der Waals surface area contributed by atoms with Crippen molar-refractivity contribution in [3.05, 3.63) is 52.5 Å². The van der Waals surface area contributed by atoms with Crippen molar-refractivity contribution in [1.29, 1.82) is 0 Å². The fourth-order valence-electron chi connectivity index (χ4n) is 2.79. The highest BCUT2D eigenvalue weighted by Crippen LogP contribution is 2.16. The number of nitrogens with one attached hydrogen (secondary N) is 1. The molecule has 0 saturated carbocycles. The van der Waals surface area contributed by atoms with Gasteiger partial charge in [0.15, 0.2) is 0 Å². The third-order valence-electron chi connectivity index (χ3n) is 4.08. The first-order chi connectivity index (χ1) is 10.8. The van der Waals surface area contributed by atoms with Crippen molar-refractivity contribution < 1.29 is 4.79 Å². The predicted octanol–water partition coefficient (Wildman–Crippen LogP) is 2.81. The van der Waals surface area contributed by atoms with Crippen LogP contribution in [0.4, 0.5) is 0 Å². The van der Waals surface area contributed by atoms with Crippen molar-refractivity contribution in [1.82, 2.24) is 15.2 Å². The van der Waals surface area contributed by atoms with Gasteiger partial charge in [-0.1, -0.05) is 30.3 Å². The smallest absolute Gasteiger partial charge is 0.222 e. The summed E-state index contributed by atoms with van der Waals surface area (Å²) in [5.41, 5.74) is 4.14. The molecule has 5 heteroatoms. The van der Waals surface area contributed by atoms with Gasteiger partial charge in [0.2, 0.25) is 5.91 Å². The Labute approximate surface area is 135 Å². The van der Waals surface area contributed by atoms with Gasteiger partial charge in [0.1, 0.15) is 0 Å². The molecule has 116 valence electrons. The average Bonchev–Trinajstić information content (AvgIpc) is 3.01. The predicted molar refractivity (Wildman–Crippen MR) is 88.5 cm³/mol. The lowest BCUT2D eigenvalue weighted by Gasteiger charge is -2.21. The Morgan fingerprint density at radius 1 is 1.27 bits per heavy atom. The second-order valence-corrected chi connectivity index (χ2v) is 6.40. The quantitative estimate of drug-likeness (QED) is 0.923. The summed E-state index contributed by atoms with van der Waals surface area (Å²) in [5.74, 6) is 0.266. The van der Waals surface area contributed by atoms with Crippen LogP contribution in [-0.2, 0) is 17.9 Å². The normalized spacial score (nSPS) is 19.2. The highest BCUT2D eigenvalue weighted by molar-refractivity contribution is 7.07. The molecule has 1 aliphatic heterocycles. The molecule has 1 aliphatic rings. The van der Waals surface area contributed by atoms with Gasteiger partial charge in [0.05, 0.1) is 11.2 Å². The lowest BCUT2D eigenvalue weighted by atomic mass is 10.1. The molecule has 22 heavy (non-hydrogen) atoms. The van der Waals surface area contributed by atoms with E-state index < -0.39 is 0 Å². The highest BCUT2D eigenvalue weighted by atomic mass is 32.1. The minimum atomic E-state index is 0.266. The van der Waals surface area contributed by atoms with E-state index in [9.17, 15) is 4.79 Å². The van der Waals surface area contributed by atoms with Crippen LogP contribution in [0.2, 0.25) is 0 Å². The standard InChI is InChI=1S/C17H21N3OS/c21-17-7-6-15(18-10-16-12-22-13-19-16)8-9-20(17)11-14-4-2-1-3-5-14/h1-5,12-13,15,18H,6-11H2/t15-/m0/s1. The topological polar surface area (TPSA) is 45.2 Å². The monoisotopic (exact) mass is 315 g/mol. The van der Waals surface area contributed by atoms with Crippen molar-refractivity contribution in [2.24, 2.45) is 0 Å². The molecule has 0 spiro atoms. The summed E-state index contributed by atoms with van der Waals surface area (Å²) in [7, 11) is 0. The van der Waals surface area contributed by atoms with Crippen LogP contribution in [0.15, 0.2) is 41.2 Å². The first-order valence-corrected chi connectivity index (χ1v) is 8.67. The van der Waals surface area contributed by atoms with E-state index in [4.69, 9.17) is 0 Å². The molecule has 1 amide bonds. The maximum Gasteiger partial charge on any atom is 0.222 e. The first-order valence-electron chi connectivity index (χ1n) is 7.73. The van der Waals surface area contributed by atoms with Crippen molar-refractivity contribution >= 4 is 17.2 Å². The molecule has 2 heterocycles. The molecule has 0 aliphatic carbocycles. The highest BCUT2D eigenvalue weighted by Gasteiger charge is 2.22. The summed E-state index contributed by atoms with van der Waals surface area (Å²) >= 11 is 1.62. The molecular formula is C17H21N3OS. The fraction of sp³-hybridized carbons (Fsp3) is 0.412. The second kappa shape index (κ2) is 7.51. The van der Waals surface area contributed by atoms with E-state index in [0.29, 0.717) is 12.5 Å². The van der Waals surface area contributed by atoms with Crippen LogP contribution in [0.5, 0.6) is 0 Å². The molecule has 1 saturated heterocycles. The van der Waals surface area contributed by atoms with E-state index in [-0.39, 0.29) is 5.91 Å². The van der Waals surface area contributed by atoms with Crippen molar-refractivity contribution in [3.63, 3.8) is 0 Å². The third kappa shape index (κ3) is 4.15.